The molecule has 0 saturated heterocycles. The minimum atomic E-state index is 0.137. The van der Waals surface area contributed by atoms with E-state index in [4.69, 9.17) is 11.6 Å². The molecule has 0 amide bonds. The fourth-order valence-corrected chi connectivity index (χ4v) is 2.84. The summed E-state index contributed by atoms with van der Waals surface area (Å²) in [7, 11) is 0. The van der Waals surface area contributed by atoms with E-state index in [-0.39, 0.29) is 11.5 Å². The van der Waals surface area contributed by atoms with Crippen LogP contribution < -0.4 is 5.32 Å². The van der Waals surface area contributed by atoms with E-state index in [1.165, 1.54) is 10.4 Å². The van der Waals surface area contributed by atoms with Crippen molar-refractivity contribution in [1.29, 1.82) is 0 Å². The highest BCUT2D eigenvalue weighted by atomic mass is 35.5. The van der Waals surface area contributed by atoms with E-state index in [2.05, 4.69) is 44.1 Å². The van der Waals surface area contributed by atoms with Gasteiger partial charge in [-0.25, -0.2) is 4.98 Å². The van der Waals surface area contributed by atoms with Crippen molar-refractivity contribution >= 4 is 28.8 Å². The van der Waals surface area contributed by atoms with Gasteiger partial charge in [0.25, 0.3) is 0 Å². The van der Waals surface area contributed by atoms with Gasteiger partial charge in [-0.1, -0.05) is 38.4 Å². The molecule has 2 heterocycles. The van der Waals surface area contributed by atoms with Gasteiger partial charge in [-0.05, 0) is 36.1 Å². The van der Waals surface area contributed by atoms with E-state index in [0.717, 1.165) is 10.2 Å². The van der Waals surface area contributed by atoms with Crippen LogP contribution in [0.5, 0.6) is 0 Å². The summed E-state index contributed by atoms with van der Waals surface area (Å²) in [5.74, 6) is 0.894. The zero-order valence-electron chi connectivity index (χ0n) is 11.7. The Balaban J connectivity index is 2.07. The topological polar surface area (TPSA) is 24.9 Å². The SMILES string of the molecule is CC(Nc1ccc(C(C)(C)C)cn1)c1ccc(Cl)s1. The molecule has 2 aromatic heterocycles. The number of hydrogen-bond donors (Lipinski definition) is 1. The first-order valence-corrected chi connectivity index (χ1v) is 7.54. The average molecular weight is 295 g/mol. The molecule has 0 aromatic carbocycles. The smallest absolute Gasteiger partial charge is 0.126 e. The first kappa shape index (κ1) is 14.4. The highest BCUT2D eigenvalue weighted by molar-refractivity contribution is 7.16. The number of thiophene rings is 1. The Labute approximate surface area is 123 Å². The molecule has 19 heavy (non-hydrogen) atoms. The zero-order valence-corrected chi connectivity index (χ0v) is 13.3. The molecular formula is C15H19ClN2S. The number of nitrogens with one attached hydrogen (secondary N) is 1. The Kier molecular flexibility index (Phi) is 4.16. The second kappa shape index (κ2) is 5.51. The normalized spacial score (nSPS) is 13.3. The third-order valence-electron chi connectivity index (χ3n) is 3.01. The molecule has 2 rings (SSSR count). The number of pyridine rings is 1. The molecule has 0 bridgehead atoms. The minimum absolute atomic E-state index is 0.137. The molecule has 2 nitrogen and oxygen atoms in total. The van der Waals surface area contributed by atoms with Crippen LogP contribution in [0.1, 0.15) is 44.2 Å². The van der Waals surface area contributed by atoms with Gasteiger partial charge in [0.2, 0.25) is 0 Å². The summed E-state index contributed by atoms with van der Waals surface area (Å²) in [4.78, 5) is 5.69. The van der Waals surface area contributed by atoms with E-state index in [9.17, 15) is 0 Å². The summed E-state index contributed by atoms with van der Waals surface area (Å²) < 4.78 is 0.819. The molecule has 0 spiro atoms. The summed E-state index contributed by atoms with van der Waals surface area (Å²) in [5.41, 5.74) is 1.38. The minimum Gasteiger partial charge on any atom is -0.363 e. The summed E-state index contributed by atoms with van der Waals surface area (Å²) >= 11 is 7.55. The van der Waals surface area contributed by atoms with Gasteiger partial charge in [-0.3, -0.25) is 0 Å². The number of nitrogens with zero attached hydrogens (tertiary/aromatic N) is 1. The largest absolute Gasteiger partial charge is 0.363 e. The monoisotopic (exact) mass is 294 g/mol. The maximum Gasteiger partial charge on any atom is 0.126 e. The predicted octanol–water partition coefficient (Wildman–Crippen LogP) is 5.27. The van der Waals surface area contributed by atoms with Gasteiger partial charge >= 0.3 is 0 Å². The van der Waals surface area contributed by atoms with Crippen molar-refractivity contribution in [3.05, 3.63) is 45.2 Å². The standard InChI is InChI=1S/C15H19ClN2S/c1-10(12-6-7-13(16)19-12)18-14-8-5-11(9-17-14)15(2,3)4/h5-10H,1-4H3,(H,17,18). The fourth-order valence-electron chi connectivity index (χ4n) is 1.78. The van der Waals surface area contributed by atoms with Gasteiger partial charge in [0.1, 0.15) is 5.82 Å². The number of halogens is 1. The lowest BCUT2D eigenvalue weighted by Crippen LogP contribution is -2.12. The molecule has 0 radical (unpaired) electrons. The molecular weight excluding hydrogens is 276 g/mol. The molecule has 1 atom stereocenters. The Bertz CT molecular complexity index is 540. The van der Waals surface area contributed by atoms with Crippen LogP contribution in [0, 0.1) is 0 Å². The van der Waals surface area contributed by atoms with Crippen molar-refractivity contribution in [2.75, 3.05) is 5.32 Å². The van der Waals surface area contributed by atoms with E-state index in [1.807, 2.05) is 24.4 Å². The fraction of sp³-hybridized carbons (Fsp3) is 0.400. The molecule has 0 saturated carbocycles. The number of hydrogen-bond acceptors (Lipinski definition) is 3. The van der Waals surface area contributed by atoms with E-state index >= 15 is 0 Å². The van der Waals surface area contributed by atoms with Gasteiger partial charge in [0, 0.05) is 11.1 Å². The number of rotatable bonds is 3. The highest BCUT2D eigenvalue weighted by Gasteiger charge is 2.14. The summed E-state index contributed by atoms with van der Waals surface area (Å²) in [6, 6.07) is 8.35. The van der Waals surface area contributed by atoms with Crippen LogP contribution in [0.15, 0.2) is 30.5 Å². The van der Waals surface area contributed by atoms with Crippen LogP contribution in [0.2, 0.25) is 4.34 Å². The van der Waals surface area contributed by atoms with Crippen LogP contribution in [-0.2, 0) is 5.41 Å². The van der Waals surface area contributed by atoms with Crippen LogP contribution in [0.25, 0.3) is 0 Å². The number of aromatic nitrogens is 1. The summed E-state index contributed by atoms with van der Waals surface area (Å²) in [6.07, 6.45) is 1.94. The number of anilines is 1. The van der Waals surface area contributed by atoms with E-state index < -0.39 is 0 Å². The van der Waals surface area contributed by atoms with Crippen molar-refractivity contribution in [1.82, 2.24) is 4.98 Å². The average Bonchev–Trinajstić information content (AvgIpc) is 2.75. The summed E-state index contributed by atoms with van der Waals surface area (Å²) in [5, 5.41) is 3.39. The predicted molar refractivity (Wildman–Crippen MR) is 84.3 cm³/mol. The highest BCUT2D eigenvalue weighted by Crippen LogP contribution is 2.29. The van der Waals surface area contributed by atoms with Gasteiger partial charge in [-0.15, -0.1) is 11.3 Å². The molecule has 1 N–H and O–H groups in total. The van der Waals surface area contributed by atoms with Crippen molar-refractivity contribution in [3.63, 3.8) is 0 Å². The Morgan fingerprint density at radius 1 is 1.21 bits per heavy atom. The van der Waals surface area contributed by atoms with Crippen LogP contribution >= 0.6 is 22.9 Å². The van der Waals surface area contributed by atoms with Gasteiger partial charge in [0.05, 0.1) is 10.4 Å². The van der Waals surface area contributed by atoms with Crippen LogP contribution in [-0.4, -0.2) is 4.98 Å². The van der Waals surface area contributed by atoms with E-state index in [0.29, 0.717) is 0 Å². The van der Waals surface area contributed by atoms with Gasteiger partial charge in [-0.2, -0.15) is 0 Å². The van der Waals surface area contributed by atoms with E-state index in [1.54, 1.807) is 11.3 Å². The second-order valence-electron chi connectivity index (χ2n) is 5.69. The Morgan fingerprint density at radius 3 is 2.42 bits per heavy atom. The molecule has 1 unspecified atom stereocenters. The van der Waals surface area contributed by atoms with Crippen molar-refractivity contribution in [2.24, 2.45) is 0 Å². The quantitative estimate of drug-likeness (QED) is 0.834. The molecule has 0 aliphatic carbocycles. The maximum absolute atomic E-state index is 5.95. The lowest BCUT2D eigenvalue weighted by atomic mass is 9.88. The second-order valence-corrected chi connectivity index (χ2v) is 7.44. The van der Waals surface area contributed by atoms with Crippen LogP contribution in [0.3, 0.4) is 0 Å². The van der Waals surface area contributed by atoms with Gasteiger partial charge < -0.3 is 5.32 Å². The summed E-state index contributed by atoms with van der Waals surface area (Å²) in [6.45, 7) is 8.68. The first-order valence-electron chi connectivity index (χ1n) is 6.34. The molecule has 4 heteroatoms. The lowest BCUT2D eigenvalue weighted by Gasteiger charge is -2.19. The van der Waals surface area contributed by atoms with Crippen molar-refractivity contribution in [2.45, 2.75) is 39.2 Å². The lowest BCUT2D eigenvalue weighted by molar-refractivity contribution is 0.587. The maximum atomic E-state index is 5.95. The first-order chi connectivity index (χ1) is 8.86. The van der Waals surface area contributed by atoms with Gasteiger partial charge in [0.15, 0.2) is 0 Å². The zero-order chi connectivity index (χ0) is 14.0. The molecule has 2 aromatic rings. The van der Waals surface area contributed by atoms with Crippen molar-refractivity contribution < 1.29 is 0 Å². The van der Waals surface area contributed by atoms with Crippen molar-refractivity contribution in [3.8, 4) is 0 Å². The molecule has 102 valence electrons. The third-order valence-corrected chi connectivity index (χ3v) is 4.43. The van der Waals surface area contributed by atoms with Crippen LogP contribution in [0.4, 0.5) is 5.82 Å². The molecule has 0 aliphatic rings. The Morgan fingerprint density at radius 2 is 1.95 bits per heavy atom. The molecule has 0 aliphatic heterocycles. The molecule has 0 fully saturated rings. The Hall–Kier alpha value is -1.06. The third kappa shape index (κ3) is 3.71.